The van der Waals surface area contributed by atoms with Crippen LogP contribution in [0, 0.1) is 0 Å². The Labute approximate surface area is 122 Å². The second-order valence-corrected chi connectivity index (χ2v) is 18.6. The van der Waals surface area contributed by atoms with E-state index in [0.717, 1.165) is 13.1 Å². The highest BCUT2D eigenvalue weighted by Gasteiger charge is 2.52. The summed E-state index contributed by atoms with van der Waals surface area (Å²) in [5.74, 6) is 0. The van der Waals surface area contributed by atoms with Gasteiger partial charge in [0, 0.05) is 0 Å². The van der Waals surface area contributed by atoms with E-state index >= 15 is 0 Å². The lowest BCUT2D eigenvalue weighted by Gasteiger charge is -2.47. The summed E-state index contributed by atoms with van der Waals surface area (Å²) in [5, 5.41) is 0. The lowest BCUT2D eigenvalue weighted by molar-refractivity contribution is 0.195. The van der Waals surface area contributed by atoms with E-state index < -0.39 is 35.1 Å². The molecule has 1 heterocycles. The molecule has 9 heteroatoms. The lowest BCUT2D eigenvalue weighted by Crippen LogP contribution is -2.68. The van der Waals surface area contributed by atoms with Gasteiger partial charge in [0.05, 0.1) is 0 Å². The topological polar surface area (TPSA) is 40.2 Å². The first-order valence-electron chi connectivity index (χ1n) is 7.04. The third-order valence-electron chi connectivity index (χ3n) is 3.11. The van der Waals surface area contributed by atoms with Crippen molar-refractivity contribution in [3.05, 3.63) is 0 Å². The number of rotatable bonds is 3. The number of hydrogen-bond donors (Lipinski definition) is 0. The normalized spacial score (nSPS) is 34.9. The van der Waals surface area contributed by atoms with Crippen LogP contribution in [0.15, 0.2) is 0 Å². The Morgan fingerprint density at radius 2 is 1.21 bits per heavy atom. The summed E-state index contributed by atoms with van der Waals surface area (Å²) in [6.07, 6.45) is 0. The summed E-state index contributed by atoms with van der Waals surface area (Å²) in [6.45, 7) is 18.7. The smallest absolute Gasteiger partial charge is 0.406 e. The predicted molar refractivity (Wildman–Crippen MR) is 86.9 cm³/mol. The minimum Gasteiger partial charge on any atom is -0.418 e. The molecule has 5 nitrogen and oxygen atoms in total. The zero-order valence-corrected chi connectivity index (χ0v) is 17.7. The molecule has 0 aliphatic carbocycles. The van der Waals surface area contributed by atoms with Crippen molar-refractivity contribution in [2.45, 2.75) is 53.1 Å². The zero-order chi connectivity index (χ0) is 14.9. The van der Waals surface area contributed by atoms with Crippen molar-refractivity contribution in [1.29, 1.82) is 0 Å². The van der Waals surface area contributed by atoms with Crippen molar-refractivity contribution in [2.24, 2.45) is 0 Å². The first-order valence-corrected chi connectivity index (χ1v) is 17.0. The second-order valence-electron chi connectivity index (χ2n) is 5.88. The maximum atomic E-state index is 6.46. The van der Waals surface area contributed by atoms with E-state index in [4.69, 9.17) is 16.5 Å². The largest absolute Gasteiger partial charge is 0.418 e. The lowest BCUT2D eigenvalue weighted by atomic mass is 10.7. The molecule has 0 N–H and O–H groups in total. The van der Waals surface area contributed by atoms with Crippen molar-refractivity contribution in [3.63, 3.8) is 0 Å². The molecule has 0 aromatic heterocycles. The van der Waals surface area contributed by atoms with Crippen molar-refractivity contribution < 1.29 is 16.5 Å². The maximum absolute atomic E-state index is 6.46. The molecule has 1 aliphatic heterocycles. The molecular weight excluding hydrogens is 310 g/mol. The molecule has 0 amide bonds. The molecule has 1 aliphatic rings. The summed E-state index contributed by atoms with van der Waals surface area (Å²) in [7, 11) is -8.42. The molecule has 0 radical (unpaired) electrons. The SMILES string of the molecule is CCN(CC)[Si]1(C)O[Si](C)(C)O[SiH](C)O[Si](C)(C)O1. The van der Waals surface area contributed by atoms with Crippen LogP contribution >= 0.6 is 0 Å². The highest BCUT2D eigenvalue weighted by atomic mass is 28.5. The van der Waals surface area contributed by atoms with E-state index in [1.54, 1.807) is 0 Å². The van der Waals surface area contributed by atoms with Crippen LogP contribution in [0.25, 0.3) is 0 Å². The van der Waals surface area contributed by atoms with Crippen molar-refractivity contribution >= 4 is 35.1 Å². The van der Waals surface area contributed by atoms with E-state index in [0.29, 0.717) is 0 Å². The van der Waals surface area contributed by atoms with Gasteiger partial charge in [-0.1, -0.05) is 13.8 Å². The third kappa shape index (κ3) is 4.86. The van der Waals surface area contributed by atoms with Gasteiger partial charge in [0.2, 0.25) is 0 Å². The quantitative estimate of drug-likeness (QED) is 0.738. The molecule has 0 aromatic carbocycles. The van der Waals surface area contributed by atoms with Crippen LogP contribution in [0.1, 0.15) is 13.8 Å². The summed E-state index contributed by atoms with van der Waals surface area (Å²) in [5.41, 5.74) is 0. The third-order valence-corrected chi connectivity index (χ3v) is 19.0. The van der Waals surface area contributed by atoms with Crippen molar-refractivity contribution in [2.75, 3.05) is 13.1 Å². The Bertz CT molecular complexity index is 292. The Morgan fingerprint density at radius 3 is 1.53 bits per heavy atom. The van der Waals surface area contributed by atoms with Crippen LogP contribution < -0.4 is 0 Å². The average molecular weight is 340 g/mol. The summed E-state index contributed by atoms with van der Waals surface area (Å²) >= 11 is 0. The van der Waals surface area contributed by atoms with Gasteiger partial charge in [0.1, 0.15) is 0 Å². The van der Waals surface area contributed by atoms with Gasteiger partial charge >= 0.3 is 35.1 Å². The fraction of sp³-hybridized carbons (Fsp3) is 1.00. The van der Waals surface area contributed by atoms with Gasteiger partial charge in [0.15, 0.2) is 0 Å². The van der Waals surface area contributed by atoms with Gasteiger partial charge in [-0.15, -0.1) is 0 Å². The van der Waals surface area contributed by atoms with Gasteiger partial charge in [-0.25, -0.2) is 0 Å². The summed E-state index contributed by atoms with van der Waals surface area (Å²) in [6, 6.07) is 0. The molecule has 114 valence electrons. The standard InChI is InChI=1S/C10H29NO4Si4/c1-9-11(10-2)19(8)14-17(4,5)12-16(3)13-18(6,7)15-19/h16H,9-10H2,1-8H3. The first-order chi connectivity index (χ1) is 8.53. The van der Waals surface area contributed by atoms with E-state index in [2.05, 4.69) is 57.7 Å². The second kappa shape index (κ2) is 6.20. The van der Waals surface area contributed by atoms with Crippen LogP contribution in [-0.2, 0) is 16.5 Å². The minimum absolute atomic E-state index is 0.932. The molecule has 0 bridgehead atoms. The van der Waals surface area contributed by atoms with E-state index in [-0.39, 0.29) is 0 Å². The highest BCUT2D eigenvalue weighted by Crippen LogP contribution is 2.28. The van der Waals surface area contributed by atoms with E-state index in [1.165, 1.54) is 0 Å². The summed E-state index contributed by atoms with van der Waals surface area (Å²) < 4.78 is 27.5. The van der Waals surface area contributed by atoms with Crippen LogP contribution in [0.2, 0.25) is 39.3 Å². The van der Waals surface area contributed by atoms with Gasteiger partial charge in [-0.05, 0) is 52.4 Å². The minimum atomic E-state index is -2.42. The van der Waals surface area contributed by atoms with Gasteiger partial charge in [-0.2, -0.15) is 0 Å². The van der Waals surface area contributed by atoms with Crippen LogP contribution in [0.3, 0.4) is 0 Å². The zero-order valence-electron chi connectivity index (χ0n) is 13.6. The number of nitrogens with zero attached hydrogens (tertiary/aromatic N) is 1. The Kier molecular flexibility index (Phi) is 5.78. The fourth-order valence-corrected chi connectivity index (χ4v) is 21.0. The molecule has 1 saturated heterocycles. The fourth-order valence-electron chi connectivity index (χ4n) is 2.73. The molecule has 1 rings (SSSR count). The highest BCUT2D eigenvalue weighted by molar-refractivity contribution is 6.88. The average Bonchev–Trinajstić information content (AvgIpc) is 2.11. The molecule has 0 unspecified atom stereocenters. The van der Waals surface area contributed by atoms with Crippen LogP contribution in [0.4, 0.5) is 0 Å². The van der Waals surface area contributed by atoms with Gasteiger partial charge in [0.25, 0.3) is 0 Å². The monoisotopic (exact) mass is 339 g/mol. The molecule has 1 fully saturated rings. The Morgan fingerprint density at radius 1 is 0.842 bits per heavy atom. The maximum Gasteiger partial charge on any atom is 0.406 e. The Balaban J connectivity index is 3.06. The molecule has 0 aromatic rings. The first kappa shape index (κ1) is 17.7. The predicted octanol–water partition coefficient (Wildman–Crippen LogP) is 2.23. The summed E-state index contributed by atoms with van der Waals surface area (Å²) in [4.78, 5) is 0. The number of hydrogen-bond acceptors (Lipinski definition) is 5. The van der Waals surface area contributed by atoms with Gasteiger partial charge in [-0.3, -0.25) is 4.57 Å². The molecular formula is C10H29NO4Si4. The van der Waals surface area contributed by atoms with Crippen LogP contribution in [0.5, 0.6) is 0 Å². The van der Waals surface area contributed by atoms with Gasteiger partial charge < -0.3 is 16.5 Å². The van der Waals surface area contributed by atoms with E-state index in [1.807, 2.05) is 0 Å². The Hall–Kier alpha value is 0.668. The molecule has 19 heavy (non-hydrogen) atoms. The van der Waals surface area contributed by atoms with E-state index in [9.17, 15) is 0 Å². The van der Waals surface area contributed by atoms with Crippen molar-refractivity contribution in [1.82, 2.24) is 4.57 Å². The van der Waals surface area contributed by atoms with Crippen molar-refractivity contribution in [3.8, 4) is 0 Å². The molecule has 0 atom stereocenters. The molecule has 0 saturated carbocycles. The molecule has 0 spiro atoms. The van der Waals surface area contributed by atoms with Crippen LogP contribution in [-0.4, -0.2) is 52.8 Å².